The summed E-state index contributed by atoms with van der Waals surface area (Å²) in [6, 6.07) is 6.08. The summed E-state index contributed by atoms with van der Waals surface area (Å²) in [4.78, 5) is 4.54. The molecule has 1 aromatic heterocycles. The Bertz CT molecular complexity index is 348. The molecule has 18 heavy (non-hydrogen) atoms. The Balaban J connectivity index is 1.74. The number of aromatic nitrogens is 1. The van der Waals surface area contributed by atoms with E-state index in [1.807, 2.05) is 18.2 Å². The van der Waals surface area contributed by atoms with Gasteiger partial charge in [-0.25, -0.2) is 4.98 Å². The third kappa shape index (κ3) is 4.30. The van der Waals surface area contributed by atoms with Crippen molar-refractivity contribution in [2.45, 2.75) is 45.6 Å². The van der Waals surface area contributed by atoms with E-state index in [4.69, 9.17) is 4.74 Å². The first-order valence-electron chi connectivity index (χ1n) is 7.16. The standard InChI is InChI=1S/C15H24N2O/c1-2-10-16-15-9-5-8-14(17-15)12-18-11-13-6-3-4-7-13/h5,8-9,13H,2-4,6-7,10-12H2,1H3,(H,16,17). The fourth-order valence-electron chi connectivity index (χ4n) is 2.42. The summed E-state index contributed by atoms with van der Waals surface area (Å²) in [5, 5.41) is 3.30. The third-order valence-electron chi connectivity index (χ3n) is 3.44. The van der Waals surface area contributed by atoms with E-state index in [0.29, 0.717) is 6.61 Å². The number of anilines is 1. The van der Waals surface area contributed by atoms with Crippen molar-refractivity contribution in [2.75, 3.05) is 18.5 Å². The molecule has 2 rings (SSSR count). The molecule has 0 spiro atoms. The van der Waals surface area contributed by atoms with Gasteiger partial charge in [-0.3, -0.25) is 0 Å². The maximum absolute atomic E-state index is 5.77. The summed E-state index contributed by atoms with van der Waals surface area (Å²) in [6.45, 7) is 4.66. The molecule has 0 saturated heterocycles. The number of nitrogens with one attached hydrogen (secondary N) is 1. The highest BCUT2D eigenvalue weighted by atomic mass is 16.5. The monoisotopic (exact) mass is 248 g/mol. The summed E-state index contributed by atoms with van der Waals surface area (Å²) in [5.41, 5.74) is 1.02. The van der Waals surface area contributed by atoms with Crippen LogP contribution in [0.4, 0.5) is 5.82 Å². The van der Waals surface area contributed by atoms with Gasteiger partial charge in [0.1, 0.15) is 5.82 Å². The molecule has 3 heteroatoms. The first-order chi connectivity index (χ1) is 8.88. The van der Waals surface area contributed by atoms with E-state index in [2.05, 4.69) is 17.2 Å². The summed E-state index contributed by atoms with van der Waals surface area (Å²) in [5.74, 6) is 1.74. The van der Waals surface area contributed by atoms with E-state index < -0.39 is 0 Å². The first-order valence-corrected chi connectivity index (χ1v) is 7.16. The lowest BCUT2D eigenvalue weighted by molar-refractivity contribution is 0.0868. The average molecular weight is 248 g/mol. The molecule has 0 radical (unpaired) electrons. The van der Waals surface area contributed by atoms with Crippen molar-refractivity contribution in [1.29, 1.82) is 0 Å². The van der Waals surface area contributed by atoms with E-state index in [0.717, 1.165) is 37.0 Å². The zero-order valence-electron chi connectivity index (χ0n) is 11.3. The minimum Gasteiger partial charge on any atom is -0.375 e. The van der Waals surface area contributed by atoms with Gasteiger partial charge in [0.2, 0.25) is 0 Å². The fourth-order valence-corrected chi connectivity index (χ4v) is 2.42. The molecule has 0 atom stereocenters. The van der Waals surface area contributed by atoms with Crippen LogP contribution < -0.4 is 5.32 Å². The van der Waals surface area contributed by atoms with E-state index in [-0.39, 0.29) is 0 Å². The van der Waals surface area contributed by atoms with Crippen LogP contribution in [0.25, 0.3) is 0 Å². The Kier molecular flexibility index (Phi) is 5.46. The maximum Gasteiger partial charge on any atom is 0.126 e. The predicted octanol–water partition coefficient (Wildman–Crippen LogP) is 3.61. The van der Waals surface area contributed by atoms with E-state index in [1.165, 1.54) is 25.7 Å². The molecule has 0 amide bonds. The van der Waals surface area contributed by atoms with Crippen LogP contribution in [0.1, 0.15) is 44.7 Å². The largest absolute Gasteiger partial charge is 0.375 e. The number of hydrogen-bond acceptors (Lipinski definition) is 3. The van der Waals surface area contributed by atoms with Crippen molar-refractivity contribution in [2.24, 2.45) is 5.92 Å². The quantitative estimate of drug-likeness (QED) is 0.800. The van der Waals surface area contributed by atoms with Crippen molar-refractivity contribution >= 4 is 5.82 Å². The van der Waals surface area contributed by atoms with Gasteiger partial charge in [0.25, 0.3) is 0 Å². The zero-order valence-corrected chi connectivity index (χ0v) is 11.3. The highest BCUT2D eigenvalue weighted by Crippen LogP contribution is 2.24. The maximum atomic E-state index is 5.77. The topological polar surface area (TPSA) is 34.1 Å². The van der Waals surface area contributed by atoms with Crippen LogP contribution in [0.2, 0.25) is 0 Å². The summed E-state index contributed by atoms with van der Waals surface area (Å²) in [6.07, 6.45) is 6.55. The molecule has 1 aliphatic carbocycles. The fraction of sp³-hybridized carbons (Fsp3) is 0.667. The van der Waals surface area contributed by atoms with Crippen LogP contribution in [0, 0.1) is 5.92 Å². The molecule has 0 unspecified atom stereocenters. The first kappa shape index (κ1) is 13.3. The number of rotatable bonds is 7. The Hall–Kier alpha value is -1.09. The molecular formula is C15H24N2O. The van der Waals surface area contributed by atoms with Crippen molar-refractivity contribution in [1.82, 2.24) is 4.98 Å². The summed E-state index contributed by atoms with van der Waals surface area (Å²) < 4.78 is 5.77. The Morgan fingerprint density at radius 2 is 2.17 bits per heavy atom. The van der Waals surface area contributed by atoms with Crippen LogP contribution in [0.15, 0.2) is 18.2 Å². The molecule has 1 aromatic rings. The smallest absolute Gasteiger partial charge is 0.126 e. The van der Waals surface area contributed by atoms with Gasteiger partial charge in [-0.05, 0) is 37.3 Å². The van der Waals surface area contributed by atoms with Crippen LogP contribution in [0.5, 0.6) is 0 Å². The van der Waals surface area contributed by atoms with Crippen LogP contribution in [-0.2, 0) is 11.3 Å². The summed E-state index contributed by atoms with van der Waals surface area (Å²) >= 11 is 0. The number of pyridine rings is 1. The van der Waals surface area contributed by atoms with Gasteiger partial charge in [-0.15, -0.1) is 0 Å². The molecular weight excluding hydrogens is 224 g/mol. The second kappa shape index (κ2) is 7.37. The van der Waals surface area contributed by atoms with Gasteiger partial charge in [0.15, 0.2) is 0 Å². The molecule has 1 N–H and O–H groups in total. The lowest BCUT2D eigenvalue weighted by Crippen LogP contribution is -2.07. The summed E-state index contributed by atoms with van der Waals surface area (Å²) in [7, 11) is 0. The lowest BCUT2D eigenvalue weighted by Gasteiger charge is -2.10. The second-order valence-corrected chi connectivity index (χ2v) is 5.11. The normalized spacial score (nSPS) is 16.1. The number of ether oxygens (including phenoxy) is 1. The zero-order chi connectivity index (χ0) is 12.6. The number of nitrogens with zero attached hydrogens (tertiary/aromatic N) is 1. The van der Waals surface area contributed by atoms with Crippen molar-refractivity contribution in [3.05, 3.63) is 23.9 Å². The molecule has 1 aliphatic rings. The SMILES string of the molecule is CCCNc1cccc(COCC2CCCC2)n1. The molecule has 0 bridgehead atoms. The molecule has 0 aliphatic heterocycles. The van der Waals surface area contributed by atoms with Gasteiger partial charge in [0, 0.05) is 13.2 Å². The molecule has 1 saturated carbocycles. The molecule has 1 fully saturated rings. The van der Waals surface area contributed by atoms with Crippen LogP contribution in [0.3, 0.4) is 0 Å². The highest BCUT2D eigenvalue weighted by Gasteiger charge is 2.14. The third-order valence-corrected chi connectivity index (χ3v) is 3.44. The average Bonchev–Trinajstić information content (AvgIpc) is 2.90. The number of hydrogen-bond donors (Lipinski definition) is 1. The molecule has 0 aromatic carbocycles. The van der Waals surface area contributed by atoms with Crippen molar-refractivity contribution in [3.63, 3.8) is 0 Å². The minimum absolute atomic E-state index is 0.637. The van der Waals surface area contributed by atoms with Crippen LogP contribution in [-0.4, -0.2) is 18.1 Å². The van der Waals surface area contributed by atoms with Crippen molar-refractivity contribution in [3.8, 4) is 0 Å². The highest BCUT2D eigenvalue weighted by molar-refractivity contribution is 5.34. The lowest BCUT2D eigenvalue weighted by atomic mass is 10.1. The minimum atomic E-state index is 0.637. The van der Waals surface area contributed by atoms with E-state index in [1.54, 1.807) is 0 Å². The predicted molar refractivity (Wildman–Crippen MR) is 74.6 cm³/mol. The Morgan fingerprint density at radius 1 is 1.33 bits per heavy atom. The van der Waals surface area contributed by atoms with E-state index in [9.17, 15) is 0 Å². The van der Waals surface area contributed by atoms with Gasteiger partial charge >= 0.3 is 0 Å². The Labute approximate surface area is 110 Å². The second-order valence-electron chi connectivity index (χ2n) is 5.11. The molecule has 100 valence electrons. The van der Waals surface area contributed by atoms with Gasteiger partial charge in [-0.2, -0.15) is 0 Å². The van der Waals surface area contributed by atoms with E-state index >= 15 is 0 Å². The van der Waals surface area contributed by atoms with Gasteiger partial charge in [0.05, 0.1) is 12.3 Å². The molecule has 1 heterocycles. The van der Waals surface area contributed by atoms with Gasteiger partial charge in [-0.1, -0.05) is 25.8 Å². The van der Waals surface area contributed by atoms with Crippen LogP contribution >= 0.6 is 0 Å². The molecule has 3 nitrogen and oxygen atoms in total. The Morgan fingerprint density at radius 3 is 2.94 bits per heavy atom. The van der Waals surface area contributed by atoms with Gasteiger partial charge < -0.3 is 10.1 Å². The van der Waals surface area contributed by atoms with Crippen molar-refractivity contribution < 1.29 is 4.74 Å².